The topological polar surface area (TPSA) is 101 Å². The van der Waals surface area contributed by atoms with Crippen molar-refractivity contribution in [3.8, 4) is 5.75 Å². The lowest BCUT2D eigenvalue weighted by Gasteiger charge is -2.47. The molecule has 2 aromatic rings. The number of rotatable bonds is 7. The van der Waals surface area contributed by atoms with Gasteiger partial charge in [0.15, 0.2) is 0 Å². The Bertz CT molecular complexity index is 1270. The summed E-state index contributed by atoms with van der Waals surface area (Å²) in [6, 6.07) is 11.9. The van der Waals surface area contributed by atoms with Crippen molar-refractivity contribution >= 4 is 17.8 Å². The molecule has 1 unspecified atom stereocenters. The van der Waals surface area contributed by atoms with E-state index >= 15 is 0 Å². The van der Waals surface area contributed by atoms with Gasteiger partial charge in [-0.3, -0.25) is 24.6 Å². The van der Waals surface area contributed by atoms with E-state index in [0.29, 0.717) is 25.4 Å². The first-order valence-electron chi connectivity index (χ1n) is 12.2. The first-order valence-corrected chi connectivity index (χ1v) is 12.2. The van der Waals surface area contributed by atoms with Crippen LogP contribution in [-0.2, 0) is 22.6 Å². The van der Waals surface area contributed by atoms with Gasteiger partial charge in [0.05, 0.1) is 7.11 Å². The van der Waals surface area contributed by atoms with Gasteiger partial charge in [-0.1, -0.05) is 24.3 Å². The molecular formula is C27H30N4O5. The second-order valence-electron chi connectivity index (χ2n) is 9.96. The van der Waals surface area contributed by atoms with Gasteiger partial charge in [-0.25, -0.2) is 4.79 Å². The lowest BCUT2D eigenvalue weighted by molar-refractivity contribution is -0.153. The van der Waals surface area contributed by atoms with Crippen LogP contribution < -0.4 is 15.6 Å². The number of hydrogen-bond acceptors (Lipinski definition) is 6. The molecule has 0 spiro atoms. The van der Waals surface area contributed by atoms with Crippen molar-refractivity contribution in [2.24, 2.45) is 11.3 Å². The second-order valence-corrected chi connectivity index (χ2v) is 9.96. The smallest absolute Gasteiger partial charge is 0.331 e. The molecule has 4 heterocycles. The highest BCUT2D eigenvalue weighted by atomic mass is 16.5. The highest BCUT2D eigenvalue weighted by molar-refractivity contribution is 6.19. The van der Waals surface area contributed by atoms with Gasteiger partial charge < -0.3 is 14.2 Å². The average molecular weight is 491 g/mol. The lowest BCUT2D eigenvalue weighted by atomic mass is 9.75. The van der Waals surface area contributed by atoms with E-state index in [1.54, 1.807) is 31.4 Å². The fourth-order valence-electron chi connectivity index (χ4n) is 5.98. The van der Waals surface area contributed by atoms with Gasteiger partial charge in [0.25, 0.3) is 5.56 Å². The molecule has 3 aliphatic rings. The van der Waals surface area contributed by atoms with E-state index in [9.17, 15) is 19.2 Å². The number of barbiturate groups is 1. The maximum Gasteiger partial charge on any atom is 0.331 e. The molecule has 4 amide bonds. The van der Waals surface area contributed by atoms with Gasteiger partial charge >= 0.3 is 6.03 Å². The van der Waals surface area contributed by atoms with Crippen molar-refractivity contribution in [3.05, 3.63) is 76.7 Å². The molecule has 1 N–H and O–H groups in total. The number of urea groups is 1. The summed E-state index contributed by atoms with van der Waals surface area (Å²) in [7, 11) is 1.58. The minimum absolute atomic E-state index is 0.00652. The molecular weight excluding hydrogens is 460 g/mol. The minimum Gasteiger partial charge on any atom is -0.497 e. The Morgan fingerprint density at radius 1 is 1.08 bits per heavy atom. The number of imide groups is 2. The highest BCUT2D eigenvalue weighted by Crippen LogP contribution is 2.38. The number of hydrogen-bond donors (Lipinski definition) is 1. The van der Waals surface area contributed by atoms with Crippen LogP contribution >= 0.6 is 0 Å². The lowest BCUT2D eigenvalue weighted by Crippen LogP contribution is -2.68. The van der Waals surface area contributed by atoms with E-state index < -0.39 is 23.3 Å². The first kappa shape index (κ1) is 24.0. The number of fused-ring (bicyclic) bond motifs is 4. The van der Waals surface area contributed by atoms with Crippen LogP contribution in [0.1, 0.15) is 23.6 Å². The summed E-state index contributed by atoms with van der Waals surface area (Å²) in [4.78, 5) is 55.5. The van der Waals surface area contributed by atoms with E-state index in [-0.39, 0.29) is 36.9 Å². The molecule has 3 aliphatic heterocycles. The van der Waals surface area contributed by atoms with Gasteiger partial charge in [-0.15, -0.1) is 6.58 Å². The van der Waals surface area contributed by atoms with Crippen molar-refractivity contribution in [2.45, 2.75) is 25.3 Å². The van der Waals surface area contributed by atoms with Crippen molar-refractivity contribution in [1.29, 1.82) is 0 Å². The third-order valence-electron chi connectivity index (χ3n) is 7.58. The zero-order valence-corrected chi connectivity index (χ0v) is 20.3. The van der Waals surface area contributed by atoms with Crippen LogP contribution in [0.15, 0.2) is 59.9 Å². The molecule has 1 aromatic heterocycles. The molecule has 36 heavy (non-hydrogen) atoms. The van der Waals surface area contributed by atoms with Gasteiger partial charge in [0, 0.05) is 50.4 Å². The molecule has 2 saturated heterocycles. The predicted molar refractivity (Wildman–Crippen MR) is 133 cm³/mol. The maximum absolute atomic E-state index is 13.8. The fourth-order valence-corrected chi connectivity index (χ4v) is 5.98. The molecule has 0 radical (unpaired) electrons. The van der Waals surface area contributed by atoms with E-state index in [4.69, 9.17) is 4.74 Å². The minimum atomic E-state index is -1.48. The highest BCUT2D eigenvalue weighted by Gasteiger charge is 2.55. The summed E-state index contributed by atoms with van der Waals surface area (Å²) in [6.45, 7) is 5.77. The number of aromatic nitrogens is 1. The molecule has 9 heteroatoms. The summed E-state index contributed by atoms with van der Waals surface area (Å²) in [5.74, 6) is -0.0482. The second kappa shape index (κ2) is 9.39. The third-order valence-corrected chi connectivity index (χ3v) is 7.58. The number of likely N-dealkylation sites (tertiary alicyclic amines) is 1. The summed E-state index contributed by atoms with van der Waals surface area (Å²) in [6.07, 6.45) is 2.59. The zero-order valence-electron chi connectivity index (χ0n) is 20.3. The molecule has 5 rings (SSSR count). The largest absolute Gasteiger partial charge is 0.497 e. The van der Waals surface area contributed by atoms with Crippen molar-refractivity contribution in [2.75, 3.05) is 33.3 Å². The molecule has 1 aromatic carbocycles. The third kappa shape index (κ3) is 4.13. The number of carbonyl (C=O) groups excluding carboxylic acids is 3. The van der Waals surface area contributed by atoms with Crippen LogP contribution in [0.5, 0.6) is 5.75 Å². The van der Waals surface area contributed by atoms with Gasteiger partial charge in [-0.2, -0.15) is 0 Å². The Kier molecular flexibility index (Phi) is 6.26. The van der Waals surface area contributed by atoms with Crippen molar-refractivity contribution in [3.63, 3.8) is 0 Å². The number of nitrogens with one attached hydrogen (secondary N) is 1. The number of amides is 4. The standard InChI is InChI=1S/C27H30N4O5/c1-3-11-30-25(34)27(24(33)28-26(30)35,13-18-7-9-21(36-2)10-8-18)17-29-14-19-12-20(16-29)22-5-4-6-23(32)31(22)15-19/h3-10,19-20H,1,11-17H2,2H3,(H,28,33,35)/t19-,20-,27?/m1/s1. The summed E-state index contributed by atoms with van der Waals surface area (Å²) >= 11 is 0. The molecule has 0 aliphatic carbocycles. The molecule has 3 atom stereocenters. The predicted octanol–water partition coefficient (Wildman–Crippen LogP) is 1.77. The maximum atomic E-state index is 13.8. The number of methoxy groups -OCH3 is 1. The van der Waals surface area contributed by atoms with E-state index in [2.05, 4.69) is 16.8 Å². The monoisotopic (exact) mass is 490 g/mol. The molecule has 0 saturated carbocycles. The Labute approximate surface area is 209 Å². The van der Waals surface area contributed by atoms with Crippen molar-refractivity contribution in [1.82, 2.24) is 19.7 Å². The Morgan fingerprint density at radius 3 is 2.58 bits per heavy atom. The number of piperidine rings is 1. The van der Waals surface area contributed by atoms with Crippen LogP contribution in [-0.4, -0.2) is 65.5 Å². The summed E-state index contributed by atoms with van der Waals surface area (Å²) in [5.41, 5.74) is 0.317. The van der Waals surface area contributed by atoms with Gasteiger partial charge in [0.1, 0.15) is 11.2 Å². The Morgan fingerprint density at radius 2 is 1.86 bits per heavy atom. The first-order chi connectivity index (χ1) is 17.3. The summed E-state index contributed by atoms with van der Waals surface area (Å²) in [5, 5.41) is 2.42. The van der Waals surface area contributed by atoms with Crippen LogP contribution in [0.4, 0.5) is 4.79 Å². The van der Waals surface area contributed by atoms with Crippen molar-refractivity contribution < 1.29 is 19.1 Å². The normalized spacial score (nSPS) is 25.8. The van der Waals surface area contributed by atoms with Crippen LogP contribution in [0.2, 0.25) is 0 Å². The van der Waals surface area contributed by atoms with Crippen LogP contribution in [0.25, 0.3) is 0 Å². The average Bonchev–Trinajstić information content (AvgIpc) is 2.86. The summed E-state index contributed by atoms with van der Waals surface area (Å²) < 4.78 is 7.10. The van der Waals surface area contributed by atoms with Gasteiger partial charge in [0.2, 0.25) is 11.8 Å². The number of nitrogens with zero attached hydrogens (tertiary/aromatic N) is 3. The quantitative estimate of drug-likeness (QED) is 0.469. The molecule has 2 bridgehead atoms. The zero-order chi connectivity index (χ0) is 25.4. The van der Waals surface area contributed by atoms with Crippen LogP contribution in [0, 0.1) is 11.3 Å². The molecule has 2 fully saturated rings. The van der Waals surface area contributed by atoms with E-state index in [1.165, 1.54) is 6.08 Å². The fraction of sp³-hybridized carbons (Fsp3) is 0.407. The molecule has 188 valence electrons. The van der Waals surface area contributed by atoms with E-state index in [0.717, 1.165) is 22.6 Å². The Balaban J connectivity index is 1.49. The number of pyridine rings is 1. The van der Waals surface area contributed by atoms with E-state index in [1.807, 2.05) is 22.8 Å². The number of benzene rings is 1. The SMILES string of the molecule is C=CCN1C(=O)NC(=O)C(Cc2ccc(OC)cc2)(CN2C[C@H]3C[C@H](C2)c2cccc(=O)n2C3)C1=O. The number of ether oxygens (including phenoxy) is 1. The number of carbonyl (C=O) groups is 3. The Hall–Kier alpha value is -3.72. The van der Waals surface area contributed by atoms with Gasteiger partial charge in [-0.05, 0) is 42.5 Å². The van der Waals surface area contributed by atoms with Crippen LogP contribution in [0.3, 0.4) is 0 Å². The molecule has 9 nitrogen and oxygen atoms in total.